The molecule has 0 aliphatic carbocycles. The summed E-state index contributed by atoms with van der Waals surface area (Å²) in [4.78, 5) is 22.1. The van der Waals surface area contributed by atoms with Gasteiger partial charge in [0.25, 0.3) is 0 Å². The molecule has 0 aliphatic heterocycles. The Labute approximate surface area is 147 Å². The third kappa shape index (κ3) is 17.0. The van der Waals surface area contributed by atoms with Crippen LogP contribution in [-0.2, 0) is 9.59 Å². The molecule has 0 heterocycles. The molecule has 0 radical (unpaired) electrons. The van der Waals surface area contributed by atoms with Gasteiger partial charge in [0.05, 0.1) is 5.76 Å². The molecule has 0 saturated carbocycles. The van der Waals surface area contributed by atoms with E-state index in [1.165, 1.54) is 38.2 Å². The molecule has 0 unspecified atom stereocenters. The number of carbonyl (C=O) groups excluding carboxylic acids is 1. The minimum atomic E-state index is -0.744. The molecule has 4 nitrogen and oxygen atoms in total. The van der Waals surface area contributed by atoms with Gasteiger partial charge in [-0.25, -0.2) is 0 Å². The van der Waals surface area contributed by atoms with E-state index < -0.39 is 5.97 Å². The van der Waals surface area contributed by atoms with Crippen molar-refractivity contribution >= 4 is 11.8 Å². The zero-order chi connectivity index (χ0) is 18.0. The first-order valence-corrected chi connectivity index (χ1v) is 9.70. The zero-order valence-electron chi connectivity index (χ0n) is 15.4. The van der Waals surface area contributed by atoms with Crippen LogP contribution in [0.15, 0.2) is 11.8 Å². The molecular formula is C20H36O4. The maximum absolute atomic E-state index is 11.7. The van der Waals surface area contributed by atoms with Crippen molar-refractivity contribution in [3.8, 4) is 0 Å². The molecular weight excluding hydrogens is 304 g/mol. The molecule has 24 heavy (non-hydrogen) atoms. The van der Waals surface area contributed by atoms with Gasteiger partial charge >= 0.3 is 5.97 Å². The van der Waals surface area contributed by atoms with Crippen molar-refractivity contribution in [3.05, 3.63) is 11.8 Å². The summed E-state index contributed by atoms with van der Waals surface area (Å²) in [6.07, 6.45) is 15.4. The molecule has 0 spiro atoms. The number of carboxylic acid groups (broad SMARTS) is 1. The second-order valence-corrected chi connectivity index (χ2v) is 6.63. The van der Waals surface area contributed by atoms with E-state index in [1.54, 1.807) is 0 Å². The number of allylic oxidation sites excluding steroid dienone is 2. The average molecular weight is 341 g/mol. The summed E-state index contributed by atoms with van der Waals surface area (Å²) in [6.45, 7) is 2.21. The molecule has 0 amide bonds. The second kappa shape index (κ2) is 16.5. The van der Waals surface area contributed by atoms with Gasteiger partial charge in [-0.2, -0.15) is 0 Å². The molecule has 0 aromatic heterocycles. The van der Waals surface area contributed by atoms with E-state index in [9.17, 15) is 14.7 Å². The van der Waals surface area contributed by atoms with Crippen LogP contribution in [0.25, 0.3) is 0 Å². The molecule has 0 rings (SSSR count). The minimum Gasteiger partial charge on any atom is -0.512 e. The van der Waals surface area contributed by atoms with Crippen molar-refractivity contribution in [3.63, 3.8) is 0 Å². The number of aliphatic hydroxyl groups is 1. The summed E-state index contributed by atoms with van der Waals surface area (Å²) in [6, 6.07) is 0. The van der Waals surface area contributed by atoms with Crippen molar-refractivity contribution in [2.24, 2.45) is 0 Å². The zero-order valence-corrected chi connectivity index (χ0v) is 15.4. The van der Waals surface area contributed by atoms with Crippen molar-refractivity contribution in [1.29, 1.82) is 0 Å². The Kier molecular flexibility index (Phi) is 15.6. The van der Waals surface area contributed by atoms with Gasteiger partial charge in [0.1, 0.15) is 0 Å². The van der Waals surface area contributed by atoms with E-state index in [1.807, 2.05) is 0 Å². The van der Waals surface area contributed by atoms with Crippen LogP contribution in [0.2, 0.25) is 0 Å². The van der Waals surface area contributed by atoms with Crippen LogP contribution >= 0.6 is 0 Å². The van der Waals surface area contributed by atoms with Crippen LogP contribution in [0.3, 0.4) is 0 Å². The highest BCUT2D eigenvalue weighted by atomic mass is 16.4. The molecule has 0 saturated heterocycles. The molecule has 2 N–H and O–H groups in total. The second-order valence-electron chi connectivity index (χ2n) is 6.63. The Morgan fingerprint density at radius 2 is 1.12 bits per heavy atom. The SMILES string of the molecule is CCCCCCCCC/C(O)=C/C(=O)CCCCCCCC(=O)O. The van der Waals surface area contributed by atoms with Gasteiger partial charge in [-0.15, -0.1) is 0 Å². The lowest BCUT2D eigenvalue weighted by atomic mass is 10.1. The van der Waals surface area contributed by atoms with Gasteiger partial charge in [-0.1, -0.05) is 64.7 Å². The summed E-state index contributed by atoms with van der Waals surface area (Å²) in [5.41, 5.74) is 0. The summed E-state index contributed by atoms with van der Waals surface area (Å²) < 4.78 is 0. The number of aliphatic hydroxyl groups excluding tert-OH is 1. The maximum Gasteiger partial charge on any atom is 0.303 e. The number of ketones is 1. The smallest absolute Gasteiger partial charge is 0.303 e. The molecule has 4 heteroatoms. The lowest BCUT2D eigenvalue weighted by molar-refractivity contribution is -0.137. The first-order valence-electron chi connectivity index (χ1n) is 9.70. The fourth-order valence-corrected chi connectivity index (χ4v) is 2.70. The van der Waals surface area contributed by atoms with Crippen LogP contribution in [0.4, 0.5) is 0 Å². The van der Waals surface area contributed by atoms with Gasteiger partial charge in [0, 0.05) is 25.3 Å². The lowest BCUT2D eigenvalue weighted by Crippen LogP contribution is -1.96. The standard InChI is InChI=1S/C20H36O4/c1-2-3-4-5-6-8-11-14-18(21)17-19(22)15-12-9-7-10-13-16-20(23)24/h17,21H,2-16H2,1H3,(H,23,24)/b18-17-. The third-order valence-corrected chi connectivity index (χ3v) is 4.18. The Balaban J connectivity index is 3.51. The summed E-state index contributed by atoms with van der Waals surface area (Å²) in [7, 11) is 0. The number of rotatable bonds is 17. The van der Waals surface area contributed by atoms with Crippen LogP contribution in [0.5, 0.6) is 0 Å². The topological polar surface area (TPSA) is 74.6 Å². The Hall–Kier alpha value is -1.32. The van der Waals surface area contributed by atoms with Gasteiger partial charge in [-0.05, 0) is 19.3 Å². The number of hydrogen-bond donors (Lipinski definition) is 2. The van der Waals surface area contributed by atoms with Gasteiger partial charge in [0.2, 0.25) is 0 Å². The largest absolute Gasteiger partial charge is 0.512 e. The molecule has 0 fully saturated rings. The van der Waals surface area contributed by atoms with Crippen molar-refractivity contribution in [2.45, 2.75) is 103 Å². The predicted molar refractivity (Wildman–Crippen MR) is 98.3 cm³/mol. The fourth-order valence-electron chi connectivity index (χ4n) is 2.70. The van der Waals surface area contributed by atoms with Crippen molar-refractivity contribution in [2.75, 3.05) is 0 Å². The van der Waals surface area contributed by atoms with E-state index in [-0.39, 0.29) is 18.0 Å². The normalized spacial score (nSPS) is 11.6. The van der Waals surface area contributed by atoms with E-state index in [0.29, 0.717) is 19.3 Å². The molecule has 140 valence electrons. The predicted octanol–water partition coefficient (Wildman–Crippen LogP) is 5.95. The number of hydrogen-bond acceptors (Lipinski definition) is 3. The van der Waals surface area contributed by atoms with Crippen molar-refractivity contribution < 1.29 is 19.8 Å². The van der Waals surface area contributed by atoms with Gasteiger partial charge in [0.15, 0.2) is 5.78 Å². The molecule has 0 atom stereocenters. The van der Waals surface area contributed by atoms with Gasteiger partial charge < -0.3 is 10.2 Å². The first kappa shape index (κ1) is 22.7. The summed E-state index contributed by atoms with van der Waals surface area (Å²) in [5.74, 6) is -0.525. The summed E-state index contributed by atoms with van der Waals surface area (Å²) >= 11 is 0. The Morgan fingerprint density at radius 1 is 0.667 bits per heavy atom. The molecule has 0 aromatic rings. The maximum atomic E-state index is 11.7. The molecule has 0 bridgehead atoms. The van der Waals surface area contributed by atoms with Crippen LogP contribution in [0.1, 0.15) is 103 Å². The lowest BCUT2D eigenvalue weighted by Gasteiger charge is -2.02. The van der Waals surface area contributed by atoms with E-state index >= 15 is 0 Å². The molecule has 0 aromatic carbocycles. The number of unbranched alkanes of at least 4 members (excludes halogenated alkanes) is 10. The third-order valence-electron chi connectivity index (χ3n) is 4.18. The van der Waals surface area contributed by atoms with Gasteiger partial charge in [-0.3, -0.25) is 9.59 Å². The number of aliphatic carboxylic acids is 1. The highest BCUT2D eigenvalue weighted by molar-refractivity contribution is 5.89. The number of carbonyl (C=O) groups is 2. The highest BCUT2D eigenvalue weighted by Crippen LogP contribution is 2.12. The Morgan fingerprint density at radius 3 is 1.67 bits per heavy atom. The quantitative estimate of drug-likeness (QED) is 0.195. The Bertz CT molecular complexity index is 361. The highest BCUT2D eigenvalue weighted by Gasteiger charge is 2.02. The average Bonchev–Trinajstić information content (AvgIpc) is 2.52. The summed E-state index contributed by atoms with van der Waals surface area (Å²) in [5, 5.41) is 18.3. The minimum absolute atomic E-state index is 0.000909. The monoisotopic (exact) mass is 340 g/mol. The fraction of sp³-hybridized carbons (Fsp3) is 0.800. The van der Waals surface area contributed by atoms with E-state index in [0.717, 1.165) is 38.5 Å². The van der Waals surface area contributed by atoms with Crippen LogP contribution in [0, 0.1) is 0 Å². The first-order chi connectivity index (χ1) is 11.6. The van der Waals surface area contributed by atoms with Crippen LogP contribution < -0.4 is 0 Å². The van der Waals surface area contributed by atoms with E-state index in [4.69, 9.17) is 5.11 Å². The molecule has 0 aliphatic rings. The van der Waals surface area contributed by atoms with Crippen molar-refractivity contribution in [1.82, 2.24) is 0 Å². The number of carboxylic acids is 1. The van der Waals surface area contributed by atoms with Crippen LogP contribution in [-0.4, -0.2) is 22.0 Å². The van der Waals surface area contributed by atoms with E-state index in [2.05, 4.69) is 6.92 Å².